The summed E-state index contributed by atoms with van der Waals surface area (Å²) in [6, 6.07) is 0. The van der Waals surface area contributed by atoms with Crippen LogP contribution in [0.1, 0.15) is 0 Å². The van der Waals surface area contributed by atoms with Crippen molar-refractivity contribution in [3.63, 3.8) is 0 Å². The molecule has 0 atom stereocenters. The minimum Gasteiger partial charge on any atom is -0.388 e. The smallest absolute Gasteiger partial charge is 0.106 e. The number of nitrogens with two attached hydrogens (primary N) is 1. The second-order valence-corrected chi connectivity index (χ2v) is 0.611. The third-order valence-electron chi connectivity index (χ3n) is 0.240. The summed E-state index contributed by atoms with van der Waals surface area (Å²) in [6.45, 7) is 3.32. The molecule has 34 valence electrons. The summed E-state index contributed by atoms with van der Waals surface area (Å²) in [7, 11) is 0. The van der Waals surface area contributed by atoms with Crippen molar-refractivity contribution >= 4 is 6.34 Å². The van der Waals surface area contributed by atoms with Gasteiger partial charge in [-0.2, -0.15) is 5.10 Å². The van der Waals surface area contributed by atoms with E-state index in [9.17, 15) is 0 Å². The van der Waals surface area contributed by atoms with Gasteiger partial charge in [-0.3, -0.25) is 5.43 Å². The summed E-state index contributed by atoms with van der Waals surface area (Å²) in [5, 5.41) is 3.38. The lowest BCUT2D eigenvalue weighted by Gasteiger charge is -1.79. The normalized spacial score (nSPS) is 8.67. The quantitative estimate of drug-likeness (QED) is 0.273. The van der Waals surface area contributed by atoms with Crippen LogP contribution in [0, 0.1) is 0 Å². The largest absolute Gasteiger partial charge is 0.388 e. The summed E-state index contributed by atoms with van der Waals surface area (Å²) in [5.74, 6) is 0. The average Bonchev–Trinajstić information content (AvgIpc) is 1.61. The maximum absolute atomic E-state index is 4.81. The molecule has 0 spiro atoms. The summed E-state index contributed by atoms with van der Waals surface area (Å²) in [5.41, 5.74) is 7.22. The Labute approximate surface area is 36.5 Å². The van der Waals surface area contributed by atoms with Gasteiger partial charge in [0.25, 0.3) is 0 Å². The number of hydrogen-bond acceptors (Lipinski definition) is 2. The van der Waals surface area contributed by atoms with Gasteiger partial charge in [-0.1, -0.05) is 6.58 Å². The van der Waals surface area contributed by atoms with E-state index in [1.54, 1.807) is 0 Å². The summed E-state index contributed by atoms with van der Waals surface area (Å²) in [6.07, 6.45) is 2.59. The predicted octanol–water partition coefficient (Wildman–Crippen LogP) is -0.379. The molecular weight excluding hydrogens is 78.1 g/mol. The first-order valence-electron chi connectivity index (χ1n) is 1.51. The number of nitrogens with zero attached hydrogens (tertiary/aromatic N) is 1. The number of hydrazone groups is 1. The highest BCUT2D eigenvalue weighted by atomic mass is 15.3. The Morgan fingerprint density at radius 1 is 1.83 bits per heavy atom. The lowest BCUT2D eigenvalue weighted by Crippen LogP contribution is -1.97. The zero-order chi connectivity index (χ0) is 4.83. The van der Waals surface area contributed by atoms with Crippen molar-refractivity contribution in [1.29, 1.82) is 0 Å². The molecule has 0 aliphatic heterocycles. The highest BCUT2D eigenvalue weighted by Crippen LogP contribution is 1.47. The maximum atomic E-state index is 4.81. The fourth-order valence-corrected chi connectivity index (χ4v) is 0.0957. The van der Waals surface area contributed by atoms with Crippen molar-refractivity contribution in [3.8, 4) is 0 Å². The Hall–Kier alpha value is -0.990. The van der Waals surface area contributed by atoms with Gasteiger partial charge in [0.05, 0.1) is 0 Å². The lowest BCUT2D eigenvalue weighted by molar-refractivity contribution is 0.976. The summed E-state index contributed by atoms with van der Waals surface area (Å²) >= 11 is 0. The van der Waals surface area contributed by atoms with E-state index in [1.165, 1.54) is 6.20 Å². The van der Waals surface area contributed by atoms with E-state index in [0.29, 0.717) is 0 Å². The molecule has 0 rings (SSSR count). The second kappa shape index (κ2) is 4.01. The molecule has 0 amide bonds. The maximum Gasteiger partial charge on any atom is 0.106 e. The molecule has 0 radical (unpaired) electrons. The topological polar surface area (TPSA) is 50.4 Å². The molecule has 0 saturated heterocycles. The Bertz CT molecular complexity index is 57.1. The zero-order valence-electron chi connectivity index (χ0n) is 3.39. The van der Waals surface area contributed by atoms with E-state index in [-0.39, 0.29) is 0 Å². The van der Waals surface area contributed by atoms with Crippen molar-refractivity contribution in [2.45, 2.75) is 0 Å². The molecule has 0 heterocycles. The van der Waals surface area contributed by atoms with Gasteiger partial charge in [0, 0.05) is 6.20 Å². The van der Waals surface area contributed by atoms with Crippen LogP contribution in [0.3, 0.4) is 0 Å². The van der Waals surface area contributed by atoms with Crippen molar-refractivity contribution in [2.75, 3.05) is 0 Å². The van der Waals surface area contributed by atoms with Gasteiger partial charge in [-0.05, 0) is 0 Å². The highest BCUT2D eigenvalue weighted by molar-refractivity contribution is 5.50. The first-order chi connectivity index (χ1) is 2.91. The van der Waals surface area contributed by atoms with Gasteiger partial charge in [-0.25, -0.2) is 0 Å². The first-order valence-corrected chi connectivity index (χ1v) is 1.51. The molecule has 0 bridgehead atoms. The third kappa shape index (κ3) is 3.01. The minimum absolute atomic E-state index is 1.15. The molecule has 0 fully saturated rings. The van der Waals surface area contributed by atoms with Crippen LogP contribution >= 0.6 is 0 Å². The van der Waals surface area contributed by atoms with E-state index in [1.807, 2.05) is 0 Å². The van der Waals surface area contributed by atoms with Crippen molar-refractivity contribution in [2.24, 2.45) is 10.8 Å². The molecule has 0 aromatic rings. The van der Waals surface area contributed by atoms with Gasteiger partial charge < -0.3 is 5.73 Å². The Morgan fingerprint density at radius 2 is 2.50 bits per heavy atom. The standard InChI is InChI=1S/C3H7N3/c1-2-5-6-3-4/h2-3,5H,1H2,(H2,4,6). The fourth-order valence-electron chi connectivity index (χ4n) is 0.0957. The number of hydrogen-bond donors (Lipinski definition) is 2. The van der Waals surface area contributed by atoms with Crippen LogP contribution in [0.15, 0.2) is 17.9 Å². The molecule has 3 nitrogen and oxygen atoms in total. The second-order valence-electron chi connectivity index (χ2n) is 0.611. The van der Waals surface area contributed by atoms with Crippen LogP contribution in [0.25, 0.3) is 0 Å². The van der Waals surface area contributed by atoms with Gasteiger partial charge >= 0.3 is 0 Å². The van der Waals surface area contributed by atoms with Gasteiger partial charge in [-0.15, -0.1) is 0 Å². The van der Waals surface area contributed by atoms with Crippen LogP contribution in [-0.2, 0) is 0 Å². The Balaban J connectivity index is 2.85. The minimum atomic E-state index is 1.15. The monoisotopic (exact) mass is 85.1 g/mol. The number of rotatable bonds is 2. The lowest BCUT2D eigenvalue weighted by atomic mass is 11.1. The molecule has 0 saturated carbocycles. The van der Waals surface area contributed by atoms with E-state index in [2.05, 4.69) is 17.1 Å². The fraction of sp³-hybridized carbons (Fsp3) is 0. The van der Waals surface area contributed by atoms with Crippen LogP contribution in [-0.4, -0.2) is 6.34 Å². The molecule has 0 aromatic carbocycles. The molecule has 3 N–H and O–H groups in total. The van der Waals surface area contributed by atoms with Gasteiger partial charge in [0.1, 0.15) is 6.34 Å². The SMILES string of the molecule is C=CN/N=C\N. The molecular formula is C3H7N3. The van der Waals surface area contributed by atoms with Crippen LogP contribution in [0.4, 0.5) is 0 Å². The van der Waals surface area contributed by atoms with Crippen LogP contribution in [0.2, 0.25) is 0 Å². The average molecular weight is 85.1 g/mol. The predicted molar refractivity (Wildman–Crippen MR) is 26.0 cm³/mol. The summed E-state index contributed by atoms with van der Waals surface area (Å²) < 4.78 is 0. The molecule has 0 aliphatic rings. The molecule has 0 aromatic heterocycles. The molecule has 0 unspecified atom stereocenters. The molecule has 3 heteroatoms. The van der Waals surface area contributed by atoms with Crippen molar-refractivity contribution in [1.82, 2.24) is 5.43 Å². The van der Waals surface area contributed by atoms with Crippen molar-refractivity contribution in [3.05, 3.63) is 12.8 Å². The third-order valence-corrected chi connectivity index (χ3v) is 0.240. The molecule has 0 aliphatic carbocycles. The Kier molecular flexibility index (Phi) is 3.35. The summed E-state index contributed by atoms with van der Waals surface area (Å²) in [4.78, 5) is 0. The van der Waals surface area contributed by atoms with E-state index in [4.69, 9.17) is 5.73 Å². The van der Waals surface area contributed by atoms with Gasteiger partial charge in [0.15, 0.2) is 0 Å². The van der Waals surface area contributed by atoms with Gasteiger partial charge in [0.2, 0.25) is 0 Å². The highest BCUT2D eigenvalue weighted by Gasteiger charge is 1.50. The zero-order valence-corrected chi connectivity index (χ0v) is 3.39. The van der Waals surface area contributed by atoms with Crippen molar-refractivity contribution < 1.29 is 0 Å². The first kappa shape index (κ1) is 5.01. The molecule has 6 heavy (non-hydrogen) atoms. The van der Waals surface area contributed by atoms with E-state index in [0.717, 1.165) is 6.34 Å². The van der Waals surface area contributed by atoms with E-state index >= 15 is 0 Å². The van der Waals surface area contributed by atoms with E-state index < -0.39 is 0 Å². The Morgan fingerprint density at radius 3 is 2.67 bits per heavy atom. The van der Waals surface area contributed by atoms with Crippen LogP contribution in [0.5, 0.6) is 0 Å². The number of nitrogens with one attached hydrogen (secondary N) is 1. The van der Waals surface area contributed by atoms with Crippen LogP contribution < -0.4 is 11.2 Å².